The second-order valence-corrected chi connectivity index (χ2v) is 7.85. The lowest BCUT2D eigenvalue weighted by Crippen LogP contribution is -2.29. The predicted octanol–water partition coefficient (Wildman–Crippen LogP) is 4.20. The number of carbonyl (C=O) groups excluding carboxylic acids is 2. The van der Waals surface area contributed by atoms with Crippen molar-refractivity contribution in [3.63, 3.8) is 0 Å². The number of nitrogens with zero attached hydrogens (tertiary/aromatic N) is 5. The molecule has 3 heterocycles. The van der Waals surface area contributed by atoms with E-state index in [1.807, 2.05) is 24.3 Å². The number of benzene rings is 2. The van der Waals surface area contributed by atoms with Gasteiger partial charge in [0.2, 0.25) is 0 Å². The smallest absolute Gasteiger partial charge is 0.268 e. The van der Waals surface area contributed by atoms with Crippen LogP contribution >= 0.6 is 15.9 Å². The van der Waals surface area contributed by atoms with Gasteiger partial charge in [-0.15, -0.1) is 0 Å². The van der Waals surface area contributed by atoms with Gasteiger partial charge in [0.15, 0.2) is 5.65 Å². The fourth-order valence-corrected chi connectivity index (χ4v) is 3.95. The predicted molar refractivity (Wildman–Crippen MR) is 116 cm³/mol. The SMILES string of the molecule is Cc1nn(-c2ccc(Br)cc2)c2ncc3c(c12)C(=O)N(c1ccc([N+](=O)[O-])cc1)C3=O. The van der Waals surface area contributed by atoms with Crippen LogP contribution in [-0.2, 0) is 0 Å². The lowest BCUT2D eigenvalue weighted by Gasteiger charge is -2.13. The number of amides is 2. The van der Waals surface area contributed by atoms with E-state index in [2.05, 4.69) is 26.0 Å². The number of rotatable bonds is 3. The molecule has 1 aliphatic heterocycles. The molecule has 152 valence electrons. The van der Waals surface area contributed by atoms with Gasteiger partial charge in [-0.1, -0.05) is 15.9 Å². The zero-order chi connectivity index (χ0) is 21.9. The van der Waals surface area contributed by atoms with Gasteiger partial charge in [0.1, 0.15) is 0 Å². The summed E-state index contributed by atoms with van der Waals surface area (Å²) in [5.74, 6) is -1.04. The van der Waals surface area contributed by atoms with Gasteiger partial charge >= 0.3 is 0 Å². The van der Waals surface area contributed by atoms with Crippen molar-refractivity contribution in [2.24, 2.45) is 0 Å². The molecule has 4 aromatic rings. The summed E-state index contributed by atoms with van der Waals surface area (Å²) in [7, 11) is 0. The van der Waals surface area contributed by atoms with E-state index >= 15 is 0 Å². The van der Waals surface area contributed by atoms with Gasteiger partial charge in [-0.3, -0.25) is 19.7 Å². The standard InChI is InChI=1S/C21H12BrN5O4/c1-11-17-18-16(10-23-19(17)26(24-11)14-4-2-12(22)3-5-14)20(28)25(21(18)29)13-6-8-15(9-7-13)27(30)31/h2-10H,1H3. The Morgan fingerprint density at radius 3 is 2.26 bits per heavy atom. The summed E-state index contributed by atoms with van der Waals surface area (Å²) in [6.45, 7) is 1.76. The summed E-state index contributed by atoms with van der Waals surface area (Å²) in [4.78, 5) is 42.1. The average molecular weight is 478 g/mol. The third-order valence-corrected chi connectivity index (χ3v) is 5.64. The summed E-state index contributed by atoms with van der Waals surface area (Å²) in [6.07, 6.45) is 1.37. The average Bonchev–Trinajstić information content (AvgIpc) is 3.23. The first-order valence-electron chi connectivity index (χ1n) is 9.14. The molecule has 31 heavy (non-hydrogen) atoms. The van der Waals surface area contributed by atoms with Gasteiger partial charge in [-0.2, -0.15) is 5.10 Å². The Bertz CT molecular complexity index is 1410. The lowest BCUT2D eigenvalue weighted by atomic mass is 10.1. The third-order valence-electron chi connectivity index (χ3n) is 5.11. The number of fused-ring (bicyclic) bond motifs is 3. The normalized spacial score (nSPS) is 13.2. The highest BCUT2D eigenvalue weighted by molar-refractivity contribution is 9.10. The Kier molecular flexibility index (Phi) is 4.19. The zero-order valence-corrected chi connectivity index (χ0v) is 17.5. The molecule has 9 nitrogen and oxygen atoms in total. The van der Waals surface area contributed by atoms with Crippen molar-refractivity contribution in [2.75, 3.05) is 4.90 Å². The fraction of sp³-hybridized carbons (Fsp3) is 0.0476. The summed E-state index contributed by atoms with van der Waals surface area (Å²) in [5.41, 5.74) is 2.32. The van der Waals surface area contributed by atoms with Crippen molar-refractivity contribution < 1.29 is 14.5 Å². The quantitative estimate of drug-likeness (QED) is 0.248. The molecule has 0 unspecified atom stereocenters. The fourth-order valence-electron chi connectivity index (χ4n) is 3.68. The number of nitro groups is 1. The maximum atomic E-state index is 13.3. The molecule has 2 aromatic heterocycles. The van der Waals surface area contributed by atoms with Crippen LogP contribution in [-0.4, -0.2) is 31.5 Å². The maximum Gasteiger partial charge on any atom is 0.269 e. The lowest BCUT2D eigenvalue weighted by molar-refractivity contribution is -0.384. The number of aryl methyl sites for hydroxylation is 1. The number of aromatic nitrogens is 3. The molecule has 5 rings (SSSR count). The summed E-state index contributed by atoms with van der Waals surface area (Å²) < 4.78 is 2.54. The van der Waals surface area contributed by atoms with E-state index in [0.717, 1.165) is 15.1 Å². The maximum absolute atomic E-state index is 13.3. The molecule has 0 radical (unpaired) electrons. The first kappa shape index (κ1) is 19.1. The van der Waals surface area contributed by atoms with Gasteiger partial charge < -0.3 is 0 Å². The molecule has 0 spiro atoms. The van der Waals surface area contributed by atoms with Crippen molar-refractivity contribution in [3.8, 4) is 5.69 Å². The molecule has 0 N–H and O–H groups in total. The molecule has 0 saturated carbocycles. The first-order valence-corrected chi connectivity index (χ1v) is 9.93. The van der Waals surface area contributed by atoms with Crippen molar-refractivity contribution in [3.05, 3.63) is 86.1 Å². The molecule has 2 amide bonds. The highest BCUT2D eigenvalue weighted by Crippen LogP contribution is 2.35. The number of anilines is 1. The zero-order valence-electron chi connectivity index (χ0n) is 15.9. The van der Waals surface area contributed by atoms with Crippen LogP contribution in [0.4, 0.5) is 11.4 Å². The number of halogens is 1. The third kappa shape index (κ3) is 2.83. The second kappa shape index (κ2) is 6.81. The summed E-state index contributed by atoms with van der Waals surface area (Å²) in [5, 5.41) is 15.9. The Morgan fingerprint density at radius 1 is 0.968 bits per heavy atom. The van der Waals surface area contributed by atoms with Crippen molar-refractivity contribution in [1.82, 2.24) is 14.8 Å². The van der Waals surface area contributed by atoms with E-state index in [1.165, 1.54) is 30.5 Å². The van der Waals surface area contributed by atoms with E-state index in [-0.39, 0.29) is 22.5 Å². The molecule has 0 bridgehead atoms. The topological polar surface area (TPSA) is 111 Å². The Labute approximate surface area is 183 Å². The molecule has 0 fully saturated rings. The number of pyridine rings is 1. The van der Waals surface area contributed by atoms with E-state index in [4.69, 9.17) is 0 Å². The van der Waals surface area contributed by atoms with Crippen LogP contribution in [0.1, 0.15) is 26.4 Å². The first-order chi connectivity index (χ1) is 14.9. The minimum Gasteiger partial charge on any atom is -0.268 e. The molecular weight excluding hydrogens is 466 g/mol. The Balaban J connectivity index is 1.65. The van der Waals surface area contributed by atoms with E-state index in [9.17, 15) is 19.7 Å². The Hall–Kier alpha value is -3.92. The Morgan fingerprint density at radius 2 is 1.61 bits per heavy atom. The molecule has 0 aliphatic carbocycles. The number of carbonyl (C=O) groups is 2. The molecule has 2 aromatic carbocycles. The number of hydrogen-bond acceptors (Lipinski definition) is 6. The van der Waals surface area contributed by atoms with Crippen LogP contribution in [0, 0.1) is 17.0 Å². The molecule has 0 saturated heterocycles. The van der Waals surface area contributed by atoms with Crippen LogP contribution in [0.5, 0.6) is 0 Å². The van der Waals surface area contributed by atoms with Gasteiger partial charge in [0.25, 0.3) is 17.5 Å². The van der Waals surface area contributed by atoms with Crippen LogP contribution in [0.15, 0.2) is 59.2 Å². The van der Waals surface area contributed by atoms with E-state index in [0.29, 0.717) is 16.7 Å². The largest absolute Gasteiger partial charge is 0.269 e. The van der Waals surface area contributed by atoms with Crippen LogP contribution in [0.25, 0.3) is 16.7 Å². The van der Waals surface area contributed by atoms with Crippen molar-refractivity contribution >= 4 is 50.2 Å². The monoisotopic (exact) mass is 477 g/mol. The molecule has 0 atom stereocenters. The van der Waals surface area contributed by atoms with Gasteiger partial charge in [0.05, 0.1) is 38.5 Å². The summed E-state index contributed by atoms with van der Waals surface area (Å²) >= 11 is 3.40. The van der Waals surface area contributed by atoms with Gasteiger partial charge in [0, 0.05) is 22.8 Å². The van der Waals surface area contributed by atoms with Crippen LogP contribution in [0.3, 0.4) is 0 Å². The van der Waals surface area contributed by atoms with Crippen molar-refractivity contribution in [2.45, 2.75) is 6.92 Å². The number of nitro benzene ring substituents is 1. The van der Waals surface area contributed by atoms with Gasteiger partial charge in [-0.25, -0.2) is 14.6 Å². The highest BCUT2D eigenvalue weighted by Gasteiger charge is 2.40. The minimum atomic E-state index is -0.542. The number of non-ortho nitro benzene ring substituents is 1. The van der Waals surface area contributed by atoms with E-state index in [1.54, 1.807) is 11.6 Å². The number of imide groups is 1. The molecular formula is C21H12BrN5O4. The van der Waals surface area contributed by atoms with Crippen LogP contribution in [0.2, 0.25) is 0 Å². The summed E-state index contributed by atoms with van der Waals surface area (Å²) in [6, 6.07) is 12.7. The van der Waals surface area contributed by atoms with Crippen LogP contribution < -0.4 is 4.90 Å². The molecule has 10 heteroatoms. The van der Waals surface area contributed by atoms with Gasteiger partial charge in [-0.05, 0) is 43.3 Å². The van der Waals surface area contributed by atoms with E-state index < -0.39 is 16.7 Å². The minimum absolute atomic E-state index is 0.129. The van der Waals surface area contributed by atoms with Crippen molar-refractivity contribution in [1.29, 1.82) is 0 Å². The highest BCUT2D eigenvalue weighted by atomic mass is 79.9. The number of hydrogen-bond donors (Lipinski definition) is 0. The molecule has 1 aliphatic rings. The second-order valence-electron chi connectivity index (χ2n) is 6.94.